The third-order valence-electron chi connectivity index (χ3n) is 3.21. The topological polar surface area (TPSA) is 38.3 Å². The molecule has 0 bridgehead atoms. The minimum Gasteiger partial charge on any atom is -0.482 e. The molecule has 0 aromatic heterocycles. The largest absolute Gasteiger partial charge is 0.482 e. The van der Waals surface area contributed by atoms with Crippen molar-refractivity contribution in [1.29, 1.82) is 0 Å². The van der Waals surface area contributed by atoms with Gasteiger partial charge in [0.25, 0.3) is 5.91 Å². The highest BCUT2D eigenvalue weighted by Gasteiger charge is 2.11. The number of benzene rings is 2. The van der Waals surface area contributed by atoms with Crippen LogP contribution in [0, 0.1) is 20.8 Å². The predicted molar refractivity (Wildman–Crippen MR) is 91.2 cm³/mol. The molecule has 0 saturated carbocycles. The molecule has 0 spiro atoms. The van der Waals surface area contributed by atoms with Crippen molar-refractivity contribution in [2.45, 2.75) is 20.8 Å². The molecule has 0 heterocycles. The number of hydrogen-bond donors (Lipinski definition) is 1. The van der Waals surface area contributed by atoms with Gasteiger partial charge in [-0.05, 0) is 55.7 Å². The molecule has 0 saturated heterocycles. The van der Waals surface area contributed by atoms with Crippen LogP contribution in [0.3, 0.4) is 0 Å². The van der Waals surface area contributed by atoms with Crippen LogP contribution in [0.5, 0.6) is 5.75 Å². The molecule has 0 aliphatic rings. The zero-order chi connectivity index (χ0) is 16.3. The molecule has 2 aromatic carbocycles. The zero-order valence-electron chi connectivity index (χ0n) is 12.7. The van der Waals surface area contributed by atoms with Crippen LogP contribution in [0.1, 0.15) is 16.7 Å². The first-order valence-electron chi connectivity index (χ1n) is 6.82. The SMILES string of the molecule is Cc1ccc(C)c(NC(=O)COc2c(C)cc(Cl)cc2Cl)c1. The maximum Gasteiger partial charge on any atom is 0.262 e. The van der Waals surface area contributed by atoms with E-state index in [1.54, 1.807) is 12.1 Å². The summed E-state index contributed by atoms with van der Waals surface area (Å²) in [5.41, 5.74) is 3.66. The third-order valence-corrected chi connectivity index (χ3v) is 3.71. The third kappa shape index (κ3) is 4.15. The van der Waals surface area contributed by atoms with Gasteiger partial charge in [-0.1, -0.05) is 35.3 Å². The fraction of sp³-hybridized carbons (Fsp3) is 0.235. The van der Waals surface area contributed by atoms with Crippen LogP contribution < -0.4 is 10.1 Å². The van der Waals surface area contributed by atoms with Crippen molar-refractivity contribution >= 4 is 34.8 Å². The standard InChI is InChI=1S/C17H17Cl2NO2/c1-10-4-5-11(2)15(6-10)20-16(21)9-22-17-12(3)7-13(18)8-14(17)19/h4-8H,9H2,1-3H3,(H,20,21). The maximum atomic E-state index is 12.0. The van der Waals surface area contributed by atoms with Crippen LogP contribution in [0.25, 0.3) is 0 Å². The van der Waals surface area contributed by atoms with Crippen LogP contribution in [0.2, 0.25) is 10.0 Å². The molecule has 0 radical (unpaired) electrons. The second-order valence-corrected chi connectivity index (χ2v) is 6.03. The average molecular weight is 338 g/mol. The van der Waals surface area contributed by atoms with Crippen molar-refractivity contribution in [2.24, 2.45) is 0 Å². The number of nitrogens with one attached hydrogen (secondary N) is 1. The Morgan fingerprint density at radius 3 is 2.50 bits per heavy atom. The Labute approximate surface area is 140 Å². The van der Waals surface area contributed by atoms with Crippen LogP contribution in [0.15, 0.2) is 30.3 Å². The van der Waals surface area contributed by atoms with E-state index in [9.17, 15) is 4.79 Å². The van der Waals surface area contributed by atoms with Gasteiger partial charge in [-0.25, -0.2) is 0 Å². The van der Waals surface area contributed by atoms with Gasteiger partial charge < -0.3 is 10.1 Å². The summed E-state index contributed by atoms with van der Waals surface area (Å²) in [4.78, 5) is 12.0. The van der Waals surface area contributed by atoms with Crippen molar-refractivity contribution in [3.8, 4) is 5.75 Å². The predicted octanol–water partition coefficient (Wildman–Crippen LogP) is 4.94. The van der Waals surface area contributed by atoms with Gasteiger partial charge in [-0.2, -0.15) is 0 Å². The van der Waals surface area contributed by atoms with Crippen LogP contribution >= 0.6 is 23.2 Å². The van der Waals surface area contributed by atoms with Crippen LogP contribution in [0.4, 0.5) is 5.69 Å². The second kappa shape index (κ2) is 7.03. The fourth-order valence-electron chi connectivity index (χ4n) is 2.07. The normalized spacial score (nSPS) is 10.4. The molecule has 22 heavy (non-hydrogen) atoms. The van der Waals surface area contributed by atoms with Gasteiger partial charge in [0.15, 0.2) is 6.61 Å². The van der Waals surface area contributed by atoms with Crippen LogP contribution in [-0.4, -0.2) is 12.5 Å². The maximum absolute atomic E-state index is 12.0. The molecule has 0 fully saturated rings. The van der Waals surface area contributed by atoms with E-state index < -0.39 is 0 Å². The van der Waals surface area contributed by atoms with Crippen molar-refractivity contribution < 1.29 is 9.53 Å². The lowest BCUT2D eigenvalue weighted by molar-refractivity contribution is -0.118. The van der Waals surface area contributed by atoms with Gasteiger partial charge in [0, 0.05) is 10.7 Å². The van der Waals surface area contributed by atoms with Crippen molar-refractivity contribution in [3.63, 3.8) is 0 Å². The Hall–Kier alpha value is -1.71. The molecule has 2 rings (SSSR count). The van der Waals surface area contributed by atoms with Gasteiger partial charge >= 0.3 is 0 Å². The van der Waals surface area contributed by atoms with Crippen molar-refractivity contribution in [2.75, 3.05) is 11.9 Å². The van der Waals surface area contributed by atoms with Gasteiger partial charge in [-0.3, -0.25) is 4.79 Å². The summed E-state index contributed by atoms with van der Waals surface area (Å²) in [6, 6.07) is 9.22. The van der Waals surface area contributed by atoms with Gasteiger partial charge in [0.2, 0.25) is 0 Å². The van der Waals surface area contributed by atoms with Gasteiger partial charge in [0.1, 0.15) is 5.75 Å². The van der Waals surface area contributed by atoms with Crippen LogP contribution in [-0.2, 0) is 4.79 Å². The van der Waals surface area contributed by atoms with Crippen molar-refractivity contribution in [3.05, 3.63) is 57.1 Å². The lowest BCUT2D eigenvalue weighted by Gasteiger charge is -2.13. The Balaban J connectivity index is 2.03. The molecule has 5 heteroatoms. The highest BCUT2D eigenvalue weighted by molar-refractivity contribution is 6.35. The van der Waals surface area contributed by atoms with E-state index in [0.717, 1.165) is 22.4 Å². The van der Waals surface area contributed by atoms with E-state index in [-0.39, 0.29) is 12.5 Å². The number of amides is 1. The molecule has 0 atom stereocenters. The minimum atomic E-state index is -0.237. The number of rotatable bonds is 4. The Kier molecular flexibility index (Phi) is 5.33. The van der Waals surface area contributed by atoms with E-state index in [0.29, 0.717) is 15.8 Å². The first-order valence-corrected chi connectivity index (χ1v) is 7.58. The second-order valence-electron chi connectivity index (χ2n) is 5.19. The fourth-order valence-corrected chi connectivity index (χ4v) is 2.72. The van der Waals surface area contributed by atoms with E-state index in [2.05, 4.69) is 5.32 Å². The Morgan fingerprint density at radius 2 is 1.82 bits per heavy atom. The molecule has 3 nitrogen and oxygen atoms in total. The van der Waals surface area contributed by atoms with E-state index in [1.165, 1.54) is 0 Å². The lowest BCUT2D eigenvalue weighted by atomic mass is 10.1. The number of carbonyl (C=O) groups is 1. The highest BCUT2D eigenvalue weighted by atomic mass is 35.5. The summed E-state index contributed by atoms with van der Waals surface area (Å²) >= 11 is 12.0. The molecule has 2 aromatic rings. The Bertz CT molecular complexity index is 691. The lowest BCUT2D eigenvalue weighted by Crippen LogP contribution is -2.21. The van der Waals surface area contributed by atoms with Gasteiger partial charge in [-0.15, -0.1) is 0 Å². The summed E-state index contributed by atoms with van der Waals surface area (Å²) in [5, 5.41) is 3.77. The van der Waals surface area contributed by atoms with E-state index >= 15 is 0 Å². The monoisotopic (exact) mass is 337 g/mol. The van der Waals surface area contributed by atoms with E-state index in [4.69, 9.17) is 27.9 Å². The molecule has 1 N–H and O–H groups in total. The number of anilines is 1. The Morgan fingerprint density at radius 1 is 1.09 bits per heavy atom. The molecule has 0 aliphatic carbocycles. The van der Waals surface area contributed by atoms with Gasteiger partial charge in [0.05, 0.1) is 5.02 Å². The quantitative estimate of drug-likeness (QED) is 0.858. The molecular formula is C17H17Cl2NO2. The highest BCUT2D eigenvalue weighted by Crippen LogP contribution is 2.31. The first-order chi connectivity index (χ1) is 10.4. The number of halogens is 2. The summed E-state index contributed by atoms with van der Waals surface area (Å²) < 4.78 is 5.52. The van der Waals surface area contributed by atoms with E-state index in [1.807, 2.05) is 39.0 Å². The summed E-state index contributed by atoms with van der Waals surface area (Å²) in [7, 11) is 0. The number of carbonyl (C=O) groups excluding carboxylic acids is 1. The molecule has 0 aliphatic heterocycles. The summed E-state index contributed by atoms with van der Waals surface area (Å²) in [5.74, 6) is 0.237. The molecule has 116 valence electrons. The summed E-state index contributed by atoms with van der Waals surface area (Å²) in [6.45, 7) is 5.63. The minimum absolute atomic E-state index is 0.116. The summed E-state index contributed by atoms with van der Waals surface area (Å²) in [6.07, 6.45) is 0. The molecule has 1 amide bonds. The zero-order valence-corrected chi connectivity index (χ0v) is 14.2. The molecule has 0 unspecified atom stereocenters. The number of aryl methyl sites for hydroxylation is 3. The first kappa shape index (κ1) is 16.7. The smallest absolute Gasteiger partial charge is 0.262 e. The van der Waals surface area contributed by atoms with Crippen molar-refractivity contribution in [1.82, 2.24) is 0 Å². The number of hydrogen-bond acceptors (Lipinski definition) is 2. The number of ether oxygens (including phenoxy) is 1. The average Bonchev–Trinajstić information content (AvgIpc) is 2.41. The molecular weight excluding hydrogens is 321 g/mol.